The maximum absolute atomic E-state index is 12.0. The van der Waals surface area contributed by atoms with E-state index in [1.54, 1.807) is 0 Å². The summed E-state index contributed by atoms with van der Waals surface area (Å²) in [6.45, 7) is 8.31. The van der Waals surface area contributed by atoms with Crippen LogP contribution in [0.1, 0.15) is 28.7 Å². The molecule has 0 bridgehead atoms. The van der Waals surface area contributed by atoms with Crippen LogP contribution in [0.25, 0.3) is 0 Å². The molecule has 1 atom stereocenters. The summed E-state index contributed by atoms with van der Waals surface area (Å²) in [5.41, 5.74) is 4.88. The van der Waals surface area contributed by atoms with Gasteiger partial charge < -0.3 is 5.32 Å². The molecule has 22 heavy (non-hydrogen) atoms. The van der Waals surface area contributed by atoms with Crippen LogP contribution >= 0.6 is 11.8 Å². The molecule has 2 rings (SSSR count). The maximum atomic E-state index is 12.0. The van der Waals surface area contributed by atoms with E-state index in [0.29, 0.717) is 12.2 Å². The molecule has 1 aromatic rings. The second-order valence-corrected chi connectivity index (χ2v) is 9.26. The van der Waals surface area contributed by atoms with E-state index in [9.17, 15) is 13.2 Å². The Hall–Kier alpha value is -1.01. The molecule has 0 aliphatic carbocycles. The molecule has 122 valence electrons. The fraction of sp³-hybridized carbons (Fsp3) is 0.562. The molecule has 6 heteroatoms. The normalized spacial score (nSPS) is 20.1. The van der Waals surface area contributed by atoms with Crippen LogP contribution in [0, 0.1) is 27.7 Å². The number of carbonyl (C=O) groups is 1. The fourth-order valence-electron chi connectivity index (χ4n) is 2.71. The van der Waals surface area contributed by atoms with Gasteiger partial charge in [0.15, 0.2) is 9.84 Å². The molecule has 1 fully saturated rings. The molecule has 0 spiro atoms. The van der Waals surface area contributed by atoms with E-state index < -0.39 is 9.84 Å². The largest absolute Gasteiger partial charge is 0.352 e. The van der Waals surface area contributed by atoms with E-state index in [-0.39, 0.29) is 23.5 Å². The van der Waals surface area contributed by atoms with Crippen LogP contribution in [-0.4, -0.2) is 37.6 Å². The van der Waals surface area contributed by atoms with Crippen LogP contribution in [0.3, 0.4) is 0 Å². The second kappa shape index (κ2) is 6.62. The molecule has 4 nitrogen and oxygen atoms in total. The Kier molecular flexibility index (Phi) is 5.22. The first kappa shape index (κ1) is 17.3. The van der Waals surface area contributed by atoms with Crippen LogP contribution in [-0.2, 0) is 14.6 Å². The predicted molar refractivity (Wildman–Crippen MR) is 91.3 cm³/mol. The van der Waals surface area contributed by atoms with E-state index in [0.717, 1.165) is 4.90 Å². The number of thioether (sulfide) groups is 1. The van der Waals surface area contributed by atoms with Gasteiger partial charge in [0.1, 0.15) is 0 Å². The number of nitrogens with one attached hydrogen (secondary N) is 1. The number of hydrogen-bond acceptors (Lipinski definition) is 4. The lowest BCUT2D eigenvalue weighted by molar-refractivity contribution is -0.119. The zero-order valence-electron chi connectivity index (χ0n) is 13.5. The number of sulfone groups is 1. The third-order valence-corrected chi connectivity index (χ3v) is 7.32. The molecule has 1 heterocycles. The second-order valence-electron chi connectivity index (χ2n) is 6.05. The first-order chi connectivity index (χ1) is 10.2. The van der Waals surface area contributed by atoms with Crippen molar-refractivity contribution in [2.24, 2.45) is 0 Å². The first-order valence-corrected chi connectivity index (χ1v) is 10.2. The minimum atomic E-state index is -2.95. The van der Waals surface area contributed by atoms with Gasteiger partial charge >= 0.3 is 0 Å². The SMILES string of the molecule is Cc1cc(C)c(C)c(SCC(=O)NC2CCS(=O)(=O)C2)c1C. The molecule has 1 saturated heterocycles. The predicted octanol–water partition coefficient (Wildman–Crippen LogP) is 2.32. The van der Waals surface area contributed by atoms with Crippen LogP contribution in [0.2, 0.25) is 0 Å². The van der Waals surface area contributed by atoms with Crippen molar-refractivity contribution in [2.45, 2.75) is 45.1 Å². The number of rotatable bonds is 4. The summed E-state index contributed by atoms with van der Waals surface area (Å²) < 4.78 is 22.8. The van der Waals surface area contributed by atoms with Crippen molar-refractivity contribution in [1.82, 2.24) is 5.32 Å². The van der Waals surface area contributed by atoms with E-state index in [2.05, 4.69) is 39.1 Å². The van der Waals surface area contributed by atoms with Gasteiger partial charge in [-0.3, -0.25) is 4.79 Å². The molecule has 0 saturated carbocycles. The lowest BCUT2D eigenvalue weighted by atomic mass is 10.0. The molecule has 1 aliphatic rings. The Balaban J connectivity index is 1.98. The highest BCUT2D eigenvalue weighted by atomic mass is 32.2. The van der Waals surface area contributed by atoms with E-state index in [4.69, 9.17) is 0 Å². The monoisotopic (exact) mass is 341 g/mol. The van der Waals surface area contributed by atoms with Crippen molar-refractivity contribution in [1.29, 1.82) is 0 Å². The fourth-order valence-corrected chi connectivity index (χ4v) is 5.50. The molecule has 1 N–H and O–H groups in total. The topological polar surface area (TPSA) is 63.2 Å². The first-order valence-electron chi connectivity index (χ1n) is 7.39. The highest BCUT2D eigenvalue weighted by Crippen LogP contribution is 2.30. The third-order valence-electron chi connectivity index (χ3n) is 4.24. The van der Waals surface area contributed by atoms with Crippen molar-refractivity contribution in [3.05, 3.63) is 28.3 Å². The van der Waals surface area contributed by atoms with Gasteiger partial charge in [0.2, 0.25) is 5.91 Å². The molecule has 1 aliphatic heterocycles. The van der Waals surface area contributed by atoms with Crippen molar-refractivity contribution in [3.63, 3.8) is 0 Å². The van der Waals surface area contributed by atoms with Crippen LogP contribution < -0.4 is 5.32 Å². The average Bonchev–Trinajstić information content (AvgIpc) is 2.75. The zero-order chi connectivity index (χ0) is 16.5. The smallest absolute Gasteiger partial charge is 0.230 e. The Morgan fingerprint density at radius 2 is 1.82 bits per heavy atom. The van der Waals surface area contributed by atoms with Gasteiger partial charge in [-0.05, 0) is 56.4 Å². The number of benzene rings is 1. The summed E-state index contributed by atoms with van der Waals surface area (Å²) in [6.07, 6.45) is 0.528. The summed E-state index contributed by atoms with van der Waals surface area (Å²) in [4.78, 5) is 13.2. The van der Waals surface area contributed by atoms with E-state index in [1.807, 2.05) is 0 Å². The summed E-state index contributed by atoms with van der Waals surface area (Å²) in [5, 5.41) is 2.83. The van der Waals surface area contributed by atoms with Crippen LogP contribution in [0.5, 0.6) is 0 Å². The number of amides is 1. The van der Waals surface area contributed by atoms with Crippen molar-refractivity contribution in [3.8, 4) is 0 Å². The minimum Gasteiger partial charge on any atom is -0.352 e. The molecular formula is C16H23NO3S2. The van der Waals surface area contributed by atoms with Crippen LogP contribution in [0.15, 0.2) is 11.0 Å². The molecule has 0 aromatic heterocycles. The number of carbonyl (C=O) groups excluding carboxylic acids is 1. The molecule has 1 aromatic carbocycles. The van der Waals surface area contributed by atoms with Gasteiger partial charge in [-0.2, -0.15) is 0 Å². The lowest BCUT2D eigenvalue weighted by Crippen LogP contribution is -2.36. The van der Waals surface area contributed by atoms with Crippen LogP contribution in [0.4, 0.5) is 0 Å². The zero-order valence-corrected chi connectivity index (χ0v) is 15.2. The third kappa shape index (κ3) is 4.04. The standard InChI is InChI=1S/C16H23NO3S2/c1-10-7-11(2)13(4)16(12(10)3)21-8-15(18)17-14-5-6-22(19,20)9-14/h7,14H,5-6,8-9H2,1-4H3,(H,17,18). The van der Waals surface area contributed by atoms with Gasteiger partial charge in [0, 0.05) is 10.9 Å². The van der Waals surface area contributed by atoms with Gasteiger partial charge in [0.05, 0.1) is 17.3 Å². The van der Waals surface area contributed by atoms with E-state index >= 15 is 0 Å². The lowest BCUT2D eigenvalue weighted by Gasteiger charge is -2.15. The molecule has 0 radical (unpaired) electrons. The van der Waals surface area contributed by atoms with Crippen molar-refractivity contribution < 1.29 is 13.2 Å². The quantitative estimate of drug-likeness (QED) is 0.854. The Morgan fingerprint density at radius 1 is 1.23 bits per heavy atom. The molecular weight excluding hydrogens is 318 g/mol. The van der Waals surface area contributed by atoms with E-state index in [1.165, 1.54) is 34.0 Å². The summed E-state index contributed by atoms with van der Waals surface area (Å²) >= 11 is 1.53. The van der Waals surface area contributed by atoms with Gasteiger partial charge in [0.25, 0.3) is 0 Å². The van der Waals surface area contributed by atoms with Gasteiger partial charge in [-0.25, -0.2) is 8.42 Å². The van der Waals surface area contributed by atoms with Gasteiger partial charge in [-0.15, -0.1) is 11.8 Å². The molecule has 1 amide bonds. The van der Waals surface area contributed by atoms with Crippen molar-refractivity contribution >= 4 is 27.5 Å². The summed E-state index contributed by atoms with van der Waals surface area (Å²) in [6, 6.07) is 1.94. The highest BCUT2D eigenvalue weighted by molar-refractivity contribution is 8.00. The van der Waals surface area contributed by atoms with Gasteiger partial charge in [-0.1, -0.05) is 6.07 Å². The highest BCUT2D eigenvalue weighted by Gasteiger charge is 2.28. The Morgan fingerprint density at radius 3 is 2.32 bits per heavy atom. The Bertz CT molecular complexity index is 670. The molecule has 1 unspecified atom stereocenters. The number of hydrogen-bond donors (Lipinski definition) is 1. The maximum Gasteiger partial charge on any atom is 0.230 e. The number of aryl methyl sites for hydroxylation is 2. The summed E-state index contributed by atoms with van der Waals surface area (Å²) in [5.74, 6) is 0.483. The van der Waals surface area contributed by atoms with Crippen molar-refractivity contribution in [2.75, 3.05) is 17.3 Å². The Labute approximate surface area is 137 Å². The summed E-state index contributed by atoms with van der Waals surface area (Å²) in [7, 11) is -2.95. The average molecular weight is 341 g/mol. The minimum absolute atomic E-state index is 0.0744.